The number of aromatic nitrogens is 2. The molecule has 2 aromatic heterocycles. The van der Waals surface area contributed by atoms with Crippen LogP contribution >= 0.6 is 11.3 Å². The van der Waals surface area contributed by atoms with Crippen molar-refractivity contribution in [3.8, 4) is 0 Å². The van der Waals surface area contributed by atoms with E-state index in [1.165, 1.54) is 17.0 Å². The van der Waals surface area contributed by atoms with Crippen molar-refractivity contribution in [3.05, 3.63) is 70.2 Å². The normalized spacial score (nSPS) is 12.3. The van der Waals surface area contributed by atoms with Gasteiger partial charge in [-0.05, 0) is 42.1 Å². The lowest BCUT2D eigenvalue weighted by Crippen LogP contribution is -2.16. The highest BCUT2D eigenvalue weighted by Crippen LogP contribution is 2.30. The Hall–Kier alpha value is -2.14. The van der Waals surface area contributed by atoms with Gasteiger partial charge in [0.15, 0.2) is 0 Å². The SMILES string of the molecule is Cc1cc(F)ccc1NC(c1cccs1)c1nccn1C. The van der Waals surface area contributed by atoms with Gasteiger partial charge in [-0.15, -0.1) is 11.3 Å². The van der Waals surface area contributed by atoms with E-state index in [0.29, 0.717) is 0 Å². The van der Waals surface area contributed by atoms with E-state index >= 15 is 0 Å². The zero-order valence-electron chi connectivity index (χ0n) is 11.9. The molecule has 2 heterocycles. The van der Waals surface area contributed by atoms with Gasteiger partial charge < -0.3 is 9.88 Å². The lowest BCUT2D eigenvalue weighted by molar-refractivity contribution is 0.626. The molecule has 108 valence electrons. The Labute approximate surface area is 127 Å². The van der Waals surface area contributed by atoms with E-state index in [2.05, 4.69) is 16.4 Å². The Morgan fingerprint density at radius 2 is 2.19 bits per heavy atom. The average Bonchev–Trinajstić information content (AvgIpc) is 3.10. The van der Waals surface area contributed by atoms with Gasteiger partial charge in [0.2, 0.25) is 0 Å². The number of hydrogen-bond acceptors (Lipinski definition) is 3. The third-order valence-corrected chi connectivity index (χ3v) is 4.37. The number of imidazole rings is 1. The Bertz CT molecular complexity index is 734. The number of nitrogens with one attached hydrogen (secondary N) is 1. The molecule has 1 N–H and O–H groups in total. The number of aryl methyl sites for hydroxylation is 2. The molecular weight excluding hydrogens is 285 g/mol. The second kappa shape index (κ2) is 5.69. The van der Waals surface area contributed by atoms with Gasteiger partial charge in [-0.1, -0.05) is 6.07 Å². The van der Waals surface area contributed by atoms with Crippen LogP contribution in [0.1, 0.15) is 22.3 Å². The van der Waals surface area contributed by atoms with Gasteiger partial charge in [0.25, 0.3) is 0 Å². The zero-order chi connectivity index (χ0) is 14.8. The van der Waals surface area contributed by atoms with E-state index in [4.69, 9.17) is 0 Å². The maximum atomic E-state index is 13.3. The molecule has 1 atom stereocenters. The minimum absolute atomic E-state index is 0.0471. The van der Waals surface area contributed by atoms with Gasteiger partial charge in [0, 0.05) is 30.0 Å². The molecule has 0 bridgehead atoms. The van der Waals surface area contributed by atoms with Crippen LogP contribution in [-0.2, 0) is 7.05 Å². The zero-order valence-corrected chi connectivity index (χ0v) is 12.7. The van der Waals surface area contributed by atoms with E-state index in [9.17, 15) is 4.39 Å². The first kappa shape index (κ1) is 13.8. The summed E-state index contributed by atoms with van der Waals surface area (Å²) in [5, 5.41) is 5.53. The second-order valence-electron chi connectivity index (χ2n) is 4.95. The Balaban J connectivity index is 1.99. The van der Waals surface area contributed by atoms with Crippen molar-refractivity contribution in [2.75, 3.05) is 5.32 Å². The van der Waals surface area contributed by atoms with Gasteiger partial charge in [0.05, 0.1) is 0 Å². The molecule has 0 aliphatic heterocycles. The van der Waals surface area contributed by atoms with Gasteiger partial charge in [-0.3, -0.25) is 0 Å². The van der Waals surface area contributed by atoms with Crippen LogP contribution in [-0.4, -0.2) is 9.55 Å². The smallest absolute Gasteiger partial charge is 0.136 e. The Morgan fingerprint density at radius 3 is 2.81 bits per heavy atom. The molecule has 1 unspecified atom stereocenters. The van der Waals surface area contributed by atoms with Crippen molar-refractivity contribution in [3.63, 3.8) is 0 Å². The van der Waals surface area contributed by atoms with E-state index < -0.39 is 0 Å². The van der Waals surface area contributed by atoms with Crippen LogP contribution < -0.4 is 5.32 Å². The summed E-state index contributed by atoms with van der Waals surface area (Å²) in [6.07, 6.45) is 3.71. The summed E-state index contributed by atoms with van der Waals surface area (Å²) >= 11 is 1.68. The third-order valence-electron chi connectivity index (χ3n) is 3.43. The quantitative estimate of drug-likeness (QED) is 0.785. The number of thiophene rings is 1. The molecule has 0 aliphatic rings. The first-order valence-electron chi connectivity index (χ1n) is 6.68. The highest BCUT2D eigenvalue weighted by atomic mass is 32.1. The molecule has 0 saturated heterocycles. The van der Waals surface area contributed by atoms with Crippen molar-refractivity contribution >= 4 is 17.0 Å². The van der Waals surface area contributed by atoms with Gasteiger partial charge in [0.1, 0.15) is 17.7 Å². The maximum absolute atomic E-state index is 13.3. The number of halogens is 1. The summed E-state index contributed by atoms with van der Waals surface area (Å²) in [6, 6.07) is 8.83. The van der Waals surface area contributed by atoms with Gasteiger partial charge in [-0.2, -0.15) is 0 Å². The number of benzene rings is 1. The predicted molar refractivity (Wildman–Crippen MR) is 84.1 cm³/mol. The average molecular weight is 301 g/mol. The molecule has 0 fully saturated rings. The van der Waals surface area contributed by atoms with E-state index in [1.807, 2.05) is 36.2 Å². The summed E-state index contributed by atoms with van der Waals surface area (Å²) in [4.78, 5) is 5.62. The summed E-state index contributed by atoms with van der Waals surface area (Å²) in [5.74, 6) is 0.712. The summed E-state index contributed by atoms with van der Waals surface area (Å²) in [5.41, 5.74) is 1.79. The van der Waals surface area contributed by atoms with E-state index in [-0.39, 0.29) is 11.9 Å². The van der Waals surface area contributed by atoms with Crippen LogP contribution in [0.3, 0.4) is 0 Å². The van der Waals surface area contributed by atoms with Crippen molar-refractivity contribution in [2.24, 2.45) is 7.05 Å². The minimum atomic E-state index is -0.220. The summed E-state index contributed by atoms with van der Waals surface area (Å²) in [6.45, 7) is 1.90. The van der Waals surface area contributed by atoms with Crippen LogP contribution in [0.2, 0.25) is 0 Å². The molecule has 0 spiro atoms. The number of rotatable bonds is 4. The third kappa shape index (κ3) is 2.83. The van der Waals surface area contributed by atoms with E-state index in [0.717, 1.165) is 17.1 Å². The molecule has 3 rings (SSSR count). The van der Waals surface area contributed by atoms with Gasteiger partial charge in [-0.25, -0.2) is 9.37 Å². The van der Waals surface area contributed by atoms with Crippen molar-refractivity contribution in [1.29, 1.82) is 0 Å². The molecule has 5 heteroatoms. The fourth-order valence-electron chi connectivity index (χ4n) is 2.32. The maximum Gasteiger partial charge on any atom is 0.136 e. The number of hydrogen-bond donors (Lipinski definition) is 1. The lowest BCUT2D eigenvalue weighted by Gasteiger charge is -2.20. The second-order valence-corrected chi connectivity index (χ2v) is 5.93. The monoisotopic (exact) mass is 301 g/mol. The highest BCUT2D eigenvalue weighted by Gasteiger charge is 2.19. The molecule has 3 aromatic rings. The first-order chi connectivity index (χ1) is 10.1. The summed E-state index contributed by atoms with van der Waals surface area (Å²) in [7, 11) is 1.97. The molecule has 0 aliphatic carbocycles. The molecule has 21 heavy (non-hydrogen) atoms. The molecular formula is C16H16FN3S. The first-order valence-corrected chi connectivity index (χ1v) is 7.56. The lowest BCUT2D eigenvalue weighted by atomic mass is 10.1. The molecule has 3 nitrogen and oxygen atoms in total. The van der Waals surface area contributed by atoms with Crippen molar-refractivity contribution in [2.45, 2.75) is 13.0 Å². The number of anilines is 1. The fraction of sp³-hybridized carbons (Fsp3) is 0.188. The largest absolute Gasteiger partial charge is 0.371 e. The van der Waals surface area contributed by atoms with E-state index in [1.54, 1.807) is 23.6 Å². The standard InChI is InChI=1S/C16H16FN3S/c1-11-10-12(17)5-6-13(11)19-15(14-4-3-9-21-14)16-18-7-8-20(16)2/h3-10,15,19H,1-2H3. The molecule has 0 radical (unpaired) electrons. The minimum Gasteiger partial charge on any atom is -0.371 e. The van der Waals surface area contributed by atoms with Crippen LogP contribution in [0.15, 0.2) is 48.1 Å². The van der Waals surface area contributed by atoms with Crippen LogP contribution in [0.5, 0.6) is 0 Å². The molecule has 0 amide bonds. The Kier molecular flexibility index (Phi) is 3.75. The predicted octanol–water partition coefficient (Wildman–Crippen LogP) is 4.13. The van der Waals surface area contributed by atoms with Crippen molar-refractivity contribution < 1.29 is 4.39 Å². The fourth-order valence-corrected chi connectivity index (χ4v) is 3.09. The molecule has 0 saturated carbocycles. The topological polar surface area (TPSA) is 29.9 Å². The Morgan fingerprint density at radius 1 is 1.33 bits per heavy atom. The highest BCUT2D eigenvalue weighted by molar-refractivity contribution is 7.10. The molecule has 1 aromatic carbocycles. The van der Waals surface area contributed by atoms with Crippen molar-refractivity contribution in [1.82, 2.24) is 9.55 Å². The van der Waals surface area contributed by atoms with Gasteiger partial charge >= 0.3 is 0 Å². The number of nitrogens with zero attached hydrogens (tertiary/aromatic N) is 2. The van der Waals surface area contributed by atoms with Crippen LogP contribution in [0, 0.1) is 12.7 Å². The summed E-state index contributed by atoms with van der Waals surface area (Å²) < 4.78 is 15.2. The van der Waals surface area contributed by atoms with Crippen LogP contribution in [0.4, 0.5) is 10.1 Å². The van der Waals surface area contributed by atoms with Crippen LogP contribution in [0.25, 0.3) is 0 Å².